The highest BCUT2D eigenvalue weighted by molar-refractivity contribution is 5.95. The molecule has 0 spiro atoms. The summed E-state index contributed by atoms with van der Waals surface area (Å²) in [5, 5.41) is 7.61. The Bertz CT molecular complexity index is 858. The lowest BCUT2D eigenvalue weighted by atomic mass is 10.1. The molecule has 0 aliphatic rings. The van der Waals surface area contributed by atoms with Crippen molar-refractivity contribution >= 4 is 17.3 Å². The van der Waals surface area contributed by atoms with E-state index in [9.17, 15) is 4.79 Å². The van der Waals surface area contributed by atoms with Gasteiger partial charge in [0.2, 0.25) is 0 Å². The fourth-order valence-electron chi connectivity index (χ4n) is 2.92. The minimum atomic E-state index is -0.319. The van der Waals surface area contributed by atoms with Crippen LogP contribution in [0.5, 0.6) is 0 Å². The van der Waals surface area contributed by atoms with E-state index in [2.05, 4.69) is 27.5 Å². The number of benzene rings is 1. The highest BCUT2D eigenvalue weighted by Crippen LogP contribution is 2.24. The summed E-state index contributed by atoms with van der Waals surface area (Å²) in [7, 11) is 0. The number of aromatic nitrogens is 3. The van der Waals surface area contributed by atoms with Gasteiger partial charge in [0.05, 0.1) is 12.2 Å². The lowest BCUT2D eigenvalue weighted by molar-refractivity contribution is 0.0525. The van der Waals surface area contributed by atoms with Crippen molar-refractivity contribution in [1.29, 1.82) is 0 Å². The number of carbonyl (C=O) groups excluding carboxylic acids is 1. The summed E-state index contributed by atoms with van der Waals surface area (Å²) in [4.78, 5) is 16.6. The van der Waals surface area contributed by atoms with E-state index in [1.54, 1.807) is 17.6 Å². The zero-order chi connectivity index (χ0) is 17.6. The van der Waals surface area contributed by atoms with Crippen LogP contribution in [0.15, 0.2) is 42.9 Å². The third-order valence-corrected chi connectivity index (χ3v) is 4.08. The minimum absolute atomic E-state index is 0.319. The Morgan fingerprint density at radius 3 is 2.76 bits per heavy atom. The molecule has 0 aliphatic heterocycles. The number of esters is 1. The number of carbonyl (C=O) groups is 1. The second-order valence-corrected chi connectivity index (χ2v) is 5.66. The van der Waals surface area contributed by atoms with Crippen molar-refractivity contribution in [3.63, 3.8) is 0 Å². The maximum absolute atomic E-state index is 12.2. The molecule has 3 rings (SSSR count). The van der Waals surface area contributed by atoms with Crippen molar-refractivity contribution in [2.75, 3.05) is 18.5 Å². The van der Waals surface area contributed by atoms with Crippen LogP contribution < -0.4 is 5.32 Å². The van der Waals surface area contributed by atoms with Crippen molar-refractivity contribution < 1.29 is 9.53 Å². The van der Waals surface area contributed by atoms with Crippen LogP contribution in [0, 0.1) is 0 Å². The van der Waals surface area contributed by atoms with E-state index in [1.165, 1.54) is 11.9 Å². The molecular weight excluding hydrogens is 316 g/mol. The Labute approximate surface area is 146 Å². The van der Waals surface area contributed by atoms with Crippen LogP contribution >= 0.6 is 0 Å². The molecule has 2 aromatic heterocycles. The predicted octanol–water partition coefficient (Wildman–Crippen LogP) is 3.12. The lowest BCUT2D eigenvalue weighted by Gasteiger charge is -2.08. The van der Waals surface area contributed by atoms with Gasteiger partial charge >= 0.3 is 5.97 Å². The van der Waals surface area contributed by atoms with Crippen LogP contribution in [0.3, 0.4) is 0 Å². The molecule has 0 unspecified atom stereocenters. The summed E-state index contributed by atoms with van der Waals surface area (Å²) in [5.41, 5.74) is 3.55. The zero-order valence-corrected chi connectivity index (χ0v) is 14.5. The number of nitrogens with zero attached hydrogens (tertiary/aromatic N) is 3. The topological polar surface area (TPSA) is 68.5 Å². The highest BCUT2D eigenvalue weighted by atomic mass is 16.5. The van der Waals surface area contributed by atoms with Gasteiger partial charge in [-0.3, -0.25) is 0 Å². The van der Waals surface area contributed by atoms with Crippen LogP contribution in [-0.2, 0) is 17.6 Å². The van der Waals surface area contributed by atoms with Crippen molar-refractivity contribution in [2.45, 2.75) is 26.7 Å². The number of nitrogens with one attached hydrogen (secondary N) is 1. The van der Waals surface area contributed by atoms with E-state index in [0.29, 0.717) is 18.6 Å². The van der Waals surface area contributed by atoms with Gasteiger partial charge in [0.25, 0.3) is 0 Å². The number of anilines is 1. The standard InChI is InChI=1S/C19H22N4O2/c1-3-15-16(19(24)25-4-2)12-23-17(15)18(21-13-22-23)20-11-10-14-8-6-5-7-9-14/h5-9,12-13H,3-4,10-11H2,1-2H3,(H,20,21,22). The molecule has 3 aromatic rings. The molecule has 1 aromatic carbocycles. The summed E-state index contributed by atoms with van der Waals surface area (Å²) < 4.78 is 6.86. The fourth-order valence-corrected chi connectivity index (χ4v) is 2.92. The Morgan fingerprint density at radius 1 is 1.24 bits per heavy atom. The zero-order valence-electron chi connectivity index (χ0n) is 14.5. The molecule has 130 valence electrons. The van der Waals surface area contributed by atoms with Gasteiger partial charge in [0, 0.05) is 12.7 Å². The molecule has 0 amide bonds. The van der Waals surface area contributed by atoms with Gasteiger partial charge in [-0.1, -0.05) is 37.3 Å². The summed E-state index contributed by atoms with van der Waals surface area (Å²) in [6.45, 7) is 4.91. The average Bonchev–Trinajstić information content (AvgIpc) is 3.02. The molecule has 2 heterocycles. The maximum Gasteiger partial charge on any atom is 0.340 e. The first-order chi connectivity index (χ1) is 12.2. The first-order valence-corrected chi connectivity index (χ1v) is 8.54. The lowest BCUT2D eigenvalue weighted by Crippen LogP contribution is -2.09. The minimum Gasteiger partial charge on any atom is -0.462 e. The number of ether oxygens (including phenoxy) is 1. The van der Waals surface area contributed by atoms with Gasteiger partial charge in [-0.25, -0.2) is 14.3 Å². The first kappa shape index (κ1) is 17.0. The number of hydrogen-bond acceptors (Lipinski definition) is 5. The van der Waals surface area contributed by atoms with Crippen LogP contribution in [0.1, 0.15) is 35.3 Å². The van der Waals surface area contributed by atoms with Gasteiger partial charge in [-0.2, -0.15) is 5.10 Å². The highest BCUT2D eigenvalue weighted by Gasteiger charge is 2.20. The Balaban J connectivity index is 1.86. The molecule has 0 saturated carbocycles. The van der Waals surface area contributed by atoms with Crippen molar-refractivity contribution in [2.24, 2.45) is 0 Å². The second-order valence-electron chi connectivity index (χ2n) is 5.66. The van der Waals surface area contributed by atoms with E-state index in [-0.39, 0.29) is 5.97 Å². The summed E-state index contributed by atoms with van der Waals surface area (Å²) in [5.74, 6) is 0.415. The van der Waals surface area contributed by atoms with Crippen molar-refractivity contribution in [3.8, 4) is 0 Å². The van der Waals surface area contributed by atoms with Crippen molar-refractivity contribution in [1.82, 2.24) is 14.6 Å². The Kier molecular flexibility index (Phi) is 5.28. The molecule has 0 bridgehead atoms. The monoisotopic (exact) mass is 338 g/mol. The van der Waals surface area contributed by atoms with Gasteiger partial charge in [-0.15, -0.1) is 0 Å². The van der Waals surface area contributed by atoms with Gasteiger partial charge in [-0.05, 0) is 30.9 Å². The van der Waals surface area contributed by atoms with E-state index >= 15 is 0 Å². The number of rotatable bonds is 7. The van der Waals surface area contributed by atoms with Crippen LogP contribution in [0.2, 0.25) is 0 Å². The van der Waals surface area contributed by atoms with Crippen LogP contribution in [0.25, 0.3) is 5.52 Å². The van der Waals surface area contributed by atoms with E-state index in [0.717, 1.165) is 29.9 Å². The van der Waals surface area contributed by atoms with Crippen LogP contribution in [0.4, 0.5) is 5.82 Å². The molecule has 25 heavy (non-hydrogen) atoms. The molecule has 0 fully saturated rings. The maximum atomic E-state index is 12.2. The molecule has 0 aliphatic carbocycles. The van der Waals surface area contributed by atoms with E-state index in [1.807, 2.05) is 25.1 Å². The predicted molar refractivity (Wildman–Crippen MR) is 97.0 cm³/mol. The largest absolute Gasteiger partial charge is 0.462 e. The molecule has 1 N–H and O–H groups in total. The average molecular weight is 338 g/mol. The van der Waals surface area contributed by atoms with Gasteiger partial charge in [0.1, 0.15) is 11.8 Å². The van der Waals surface area contributed by atoms with E-state index < -0.39 is 0 Å². The number of aryl methyl sites for hydroxylation is 1. The third kappa shape index (κ3) is 3.63. The molecule has 6 nitrogen and oxygen atoms in total. The molecule has 6 heteroatoms. The summed E-state index contributed by atoms with van der Waals surface area (Å²) in [6, 6.07) is 10.3. The molecule has 0 saturated heterocycles. The normalized spacial score (nSPS) is 10.8. The van der Waals surface area contributed by atoms with Gasteiger partial charge < -0.3 is 10.1 Å². The molecule has 0 radical (unpaired) electrons. The molecule has 0 atom stereocenters. The first-order valence-electron chi connectivity index (χ1n) is 8.54. The van der Waals surface area contributed by atoms with Gasteiger partial charge in [0.15, 0.2) is 5.82 Å². The number of hydrogen-bond donors (Lipinski definition) is 1. The number of fused-ring (bicyclic) bond motifs is 1. The summed E-state index contributed by atoms with van der Waals surface area (Å²) >= 11 is 0. The quantitative estimate of drug-likeness (QED) is 0.670. The fraction of sp³-hybridized carbons (Fsp3) is 0.316. The van der Waals surface area contributed by atoms with E-state index in [4.69, 9.17) is 4.74 Å². The SMILES string of the molecule is CCOC(=O)c1cn2ncnc(NCCc3ccccc3)c2c1CC. The second kappa shape index (κ2) is 7.79. The summed E-state index contributed by atoms with van der Waals surface area (Å²) in [6.07, 6.45) is 4.80. The Hall–Kier alpha value is -2.89. The van der Waals surface area contributed by atoms with Crippen molar-refractivity contribution in [3.05, 3.63) is 59.5 Å². The third-order valence-electron chi connectivity index (χ3n) is 4.08. The Morgan fingerprint density at radius 2 is 2.04 bits per heavy atom. The van der Waals surface area contributed by atoms with Crippen LogP contribution in [-0.4, -0.2) is 33.7 Å². The smallest absolute Gasteiger partial charge is 0.340 e. The molecular formula is C19H22N4O2.